The maximum absolute atomic E-state index is 14.4. The van der Waals surface area contributed by atoms with E-state index in [1.807, 2.05) is 59.0 Å². The zero-order chi connectivity index (χ0) is 18.9. The minimum absolute atomic E-state index is 0.352. The number of halogens is 1. The Kier molecular flexibility index (Phi) is 3.81. The van der Waals surface area contributed by atoms with Crippen molar-refractivity contribution in [3.63, 3.8) is 0 Å². The van der Waals surface area contributed by atoms with Crippen LogP contribution in [0, 0.1) is 17.7 Å². The first kappa shape index (κ1) is 16.2. The van der Waals surface area contributed by atoms with Crippen molar-refractivity contribution < 1.29 is 4.39 Å². The predicted octanol–water partition coefficient (Wildman–Crippen LogP) is 4.48. The largest absolute Gasteiger partial charge is 0.271 e. The molecule has 0 unspecified atom stereocenters. The average molecular weight is 364 g/mol. The lowest BCUT2D eigenvalue weighted by Crippen LogP contribution is -1.99. The maximum atomic E-state index is 14.4. The highest BCUT2D eigenvalue weighted by molar-refractivity contribution is 5.82. The molecule has 28 heavy (non-hydrogen) atoms. The van der Waals surface area contributed by atoms with Crippen molar-refractivity contribution in [1.29, 1.82) is 0 Å². The Bertz CT molecular complexity index is 1380. The van der Waals surface area contributed by atoms with Gasteiger partial charge in [0, 0.05) is 5.56 Å². The van der Waals surface area contributed by atoms with E-state index < -0.39 is 0 Å². The maximum Gasteiger partial charge on any atom is 0.196 e. The van der Waals surface area contributed by atoms with E-state index in [2.05, 4.69) is 27.0 Å². The second-order valence-electron chi connectivity index (χ2n) is 6.23. The summed E-state index contributed by atoms with van der Waals surface area (Å²) in [4.78, 5) is 4.66. The van der Waals surface area contributed by atoms with Crippen LogP contribution in [0.2, 0.25) is 0 Å². The minimum atomic E-state index is -0.352. The van der Waals surface area contributed by atoms with Crippen molar-refractivity contribution in [3.05, 3.63) is 95.9 Å². The van der Waals surface area contributed by atoms with Gasteiger partial charge in [0.2, 0.25) is 0 Å². The van der Waals surface area contributed by atoms with Crippen LogP contribution in [0.25, 0.3) is 28.1 Å². The number of para-hydroxylation sites is 2. The van der Waals surface area contributed by atoms with Crippen LogP contribution in [0.4, 0.5) is 4.39 Å². The van der Waals surface area contributed by atoms with Gasteiger partial charge in [-0.25, -0.2) is 9.37 Å². The van der Waals surface area contributed by atoms with Crippen molar-refractivity contribution in [2.24, 2.45) is 0 Å². The molecule has 4 nitrogen and oxygen atoms in total. The Morgan fingerprint density at radius 1 is 0.750 bits per heavy atom. The van der Waals surface area contributed by atoms with Crippen LogP contribution < -0.4 is 0 Å². The van der Waals surface area contributed by atoms with Crippen LogP contribution in [0.3, 0.4) is 0 Å². The zero-order valence-electron chi connectivity index (χ0n) is 14.7. The Morgan fingerprint density at radius 3 is 2.36 bits per heavy atom. The van der Waals surface area contributed by atoms with Crippen LogP contribution in [0.5, 0.6) is 0 Å². The first-order chi connectivity index (χ1) is 13.8. The Hall–Kier alpha value is -4.04. The second kappa shape index (κ2) is 6.60. The summed E-state index contributed by atoms with van der Waals surface area (Å²) >= 11 is 0. The summed E-state index contributed by atoms with van der Waals surface area (Å²) in [5, 5.41) is 8.54. The van der Waals surface area contributed by atoms with Crippen LogP contribution in [0.1, 0.15) is 11.3 Å². The Balaban J connectivity index is 1.81. The topological polar surface area (TPSA) is 43.1 Å². The zero-order valence-corrected chi connectivity index (χ0v) is 14.7. The highest BCUT2D eigenvalue weighted by atomic mass is 19.1. The Labute approximate surface area is 160 Å². The quantitative estimate of drug-likeness (QED) is 0.412. The molecule has 2 heterocycles. The molecule has 132 valence electrons. The van der Waals surface area contributed by atoms with Crippen molar-refractivity contribution in [1.82, 2.24) is 19.6 Å². The normalized spacial score (nSPS) is 10.8. The third-order valence-corrected chi connectivity index (χ3v) is 4.44. The van der Waals surface area contributed by atoms with Crippen LogP contribution in [-0.4, -0.2) is 19.6 Å². The van der Waals surface area contributed by atoms with E-state index in [9.17, 15) is 4.39 Å². The highest BCUT2D eigenvalue weighted by Gasteiger charge is 2.17. The van der Waals surface area contributed by atoms with Gasteiger partial charge in [-0.1, -0.05) is 48.4 Å². The van der Waals surface area contributed by atoms with E-state index in [0.717, 1.165) is 16.6 Å². The first-order valence-corrected chi connectivity index (χ1v) is 8.77. The molecule has 0 spiro atoms. The fourth-order valence-corrected chi connectivity index (χ4v) is 3.14. The van der Waals surface area contributed by atoms with E-state index >= 15 is 0 Å². The smallest absolute Gasteiger partial charge is 0.196 e. The molecule has 0 amide bonds. The number of hydrogen-bond acceptors (Lipinski definition) is 3. The molecular formula is C23H13FN4. The number of hydrogen-bond donors (Lipinski definition) is 0. The van der Waals surface area contributed by atoms with Crippen LogP contribution in [-0.2, 0) is 0 Å². The first-order valence-electron chi connectivity index (χ1n) is 8.77. The molecule has 5 rings (SSSR count). The third-order valence-electron chi connectivity index (χ3n) is 4.44. The monoisotopic (exact) mass is 364 g/mol. The van der Waals surface area contributed by atoms with Gasteiger partial charge < -0.3 is 0 Å². The van der Waals surface area contributed by atoms with Gasteiger partial charge in [-0.05, 0) is 42.3 Å². The van der Waals surface area contributed by atoms with Crippen molar-refractivity contribution in [2.75, 3.05) is 0 Å². The summed E-state index contributed by atoms with van der Waals surface area (Å²) in [5.74, 6) is 6.28. The van der Waals surface area contributed by atoms with Gasteiger partial charge in [0.15, 0.2) is 17.2 Å². The van der Waals surface area contributed by atoms with E-state index in [1.165, 1.54) is 6.07 Å². The van der Waals surface area contributed by atoms with Crippen molar-refractivity contribution in [3.8, 4) is 23.2 Å². The van der Waals surface area contributed by atoms with Gasteiger partial charge in [-0.15, -0.1) is 10.2 Å². The lowest BCUT2D eigenvalue weighted by atomic mass is 10.2. The van der Waals surface area contributed by atoms with E-state index in [0.29, 0.717) is 22.7 Å². The molecule has 5 heteroatoms. The van der Waals surface area contributed by atoms with E-state index in [4.69, 9.17) is 0 Å². The lowest BCUT2D eigenvalue weighted by molar-refractivity contribution is 0.630. The fraction of sp³-hybridized carbons (Fsp3) is 0. The summed E-state index contributed by atoms with van der Waals surface area (Å²) in [7, 11) is 0. The molecule has 0 bridgehead atoms. The van der Waals surface area contributed by atoms with Crippen LogP contribution in [0.15, 0.2) is 78.9 Å². The number of benzene rings is 3. The SMILES string of the molecule is Fc1ccccc1-c1nnc2c(C#Cc3ccccc3)nc3ccccc3n12. The van der Waals surface area contributed by atoms with Crippen molar-refractivity contribution in [2.45, 2.75) is 0 Å². The summed E-state index contributed by atoms with van der Waals surface area (Å²) in [5.41, 5.74) is 3.80. The predicted molar refractivity (Wildman–Crippen MR) is 106 cm³/mol. The number of fused-ring (bicyclic) bond motifs is 3. The fourth-order valence-electron chi connectivity index (χ4n) is 3.14. The molecule has 0 aliphatic carbocycles. The third kappa shape index (κ3) is 2.68. The van der Waals surface area contributed by atoms with Gasteiger partial charge in [0.1, 0.15) is 5.82 Å². The molecule has 0 aliphatic rings. The molecule has 0 fully saturated rings. The summed E-state index contributed by atoms with van der Waals surface area (Å²) in [6.45, 7) is 0. The van der Waals surface area contributed by atoms with E-state index in [-0.39, 0.29) is 5.82 Å². The summed E-state index contributed by atoms with van der Waals surface area (Å²) in [6.07, 6.45) is 0. The Morgan fingerprint density at radius 2 is 1.50 bits per heavy atom. The second-order valence-corrected chi connectivity index (χ2v) is 6.23. The van der Waals surface area contributed by atoms with Gasteiger partial charge in [-0.2, -0.15) is 0 Å². The van der Waals surface area contributed by atoms with Crippen LogP contribution >= 0.6 is 0 Å². The molecule has 0 radical (unpaired) electrons. The van der Waals surface area contributed by atoms with Crippen molar-refractivity contribution >= 4 is 16.7 Å². The molecule has 0 atom stereocenters. The minimum Gasteiger partial charge on any atom is -0.271 e. The molecule has 2 aromatic heterocycles. The molecule has 5 aromatic rings. The van der Waals surface area contributed by atoms with Gasteiger partial charge in [0.25, 0.3) is 0 Å². The number of rotatable bonds is 1. The number of nitrogens with zero attached hydrogens (tertiary/aromatic N) is 4. The lowest BCUT2D eigenvalue weighted by Gasteiger charge is -2.06. The number of aromatic nitrogens is 4. The molecule has 0 saturated carbocycles. The van der Waals surface area contributed by atoms with Gasteiger partial charge in [0.05, 0.1) is 16.6 Å². The molecule has 0 saturated heterocycles. The highest BCUT2D eigenvalue weighted by Crippen LogP contribution is 2.26. The van der Waals surface area contributed by atoms with Gasteiger partial charge in [-0.3, -0.25) is 4.40 Å². The molecule has 3 aromatic carbocycles. The summed E-state index contributed by atoms with van der Waals surface area (Å²) in [6, 6.07) is 23.8. The van der Waals surface area contributed by atoms with Gasteiger partial charge >= 0.3 is 0 Å². The molecule has 0 aliphatic heterocycles. The average Bonchev–Trinajstić information content (AvgIpc) is 3.18. The van der Waals surface area contributed by atoms with E-state index in [1.54, 1.807) is 18.2 Å². The molecule has 0 N–H and O–H groups in total. The summed E-state index contributed by atoms with van der Waals surface area (Å²) < 4.78 is 16.2. The molecular weight excluding hydrogens is 351 g/mol. The standard InChI is InChI=1S/C23H13FN4/c24-18-11-5-4-10-17(18)22-26-27-23-20(15-14-16-8-2-1-3-9-16)25-19-12-6-7-13-21(19)28(22)23/h1-13H.